The van der Waals surface area contributed by atoms with Gasteiger partial charge in [0.15, 0.2) is 6.61 Å². The molecular formula is C12H15Cl2FN2O3. The normalized spacial score (nSPS) is 12.1. The van der Waals surface area contributed by atoms with Crippen LogP contribution in [0.4, 0.5) is 10.1 Å². The molecule has 0 saturated carbocycles. The van der Waals surface area contributed by atoms with Crippen molar-refractivity contribution in [1.82, 2.24) is 4.98 Å². The monoisotopic (exact) mass is 324 g/mol. The molecule has 1 aromatic rings. The second-order valence-corrected chi connectivity index (χ2v) is 4.99. The van der Waals surface area contributed by atoms with Gasteiger partial charge in [0.2, 0.25) is 11.8 Å². The van der Waals surface area contributed by atoms with Crippen LogP contribution in [0.25, 0.3) is 0 Å². The van der Waals surface area contributed by atoms with Gasteiger partial charge in [-0.25, -0.2) is 4.79 Å². The van der Waals surface area contributed by atoms with Gasteiger partial charge in [-0.05, 0) is 5.92 Å². The summed E-state index contributed by atoms with van der Waals surface area (Å²) in [5.74, 6) is -1.66. The molecule has 112 valence electrons. The first kappa shape index (κ1) is 16.8. The van der Waals surface area contributed by atoms with Crippen molar-refractivity contribution in [2.45, 2.75) is 20.3 Å². The fourth-order valence-corrected chi connectivity index (χ4v) is 1.50. The van der Waals surface area contributed by atoms with E-state index in [2.05, 4.69) is 4.98 Å². The van der Waals surface area contributed by atoms with Crippen LogP contribution in [0.5, 0.6) is 5.88 Å². The summed E-state index contributed by atoms with van der Waals surface area (Å²) in [5, 5.41) is -0.534. The van der Waals surface area contributed by atoms with Crippen molar-refractivity contribution in [2.24, 2.45) is 5.92 Å². The van der Waals surface area contributed by atoms with E-state index >= 15 is 0 Å². The molecule has 0 aliphatic carbocycles. The van der Waals surface area contributed by atoms with Crippen molar-refractivity contribution < 1.29 is 18.7 Å². The number of carbonyl (C=O) groups excluding carboxylic acids is 1. The average Bonchev–Trinajstić information content (AvgIpc) is 2.44. The quantitative estimate of drug-likeness (QED) is 0.643. The van der Waals surface area contributed by atoms with Crippen LogP contribution >= 0.6 is 23.2 Å². The number of esters is 1. The highest BCUT2D eigenvalue weighted by atomic mass is 35.5. The van der Waals surface area contributed by atoms with E-state index in [1.54, 1.807) is 0 Å². The first-order valence-electron chi connectivity index (χ1n) is 5.95. The highest BCUT2D eigenvalue weighted by Gasteiger charge is 2.17. The second-order valence-electron chi connectivity index (χ2n) is 4.23. The lowest BCUT2D eigenvalue weighted by molar-refractivity contribution is -0.147. The molecule has 1 unspecified atom stereocenters. The molecule has 0 fully saturated rings. The molecule has 1 atom stereocenters. The van der Waals surface area contributed by atoms with Gasteiger partial charge in [0.1, 0.15) is 10.0 Å². The Morgan fingerprint density at radius 1 is 1.45 bits per heavy atom. The summed E-state index contributed by atoms with van der Waals surface area (Å²) in [6, 6.07) is 0. The van der Waals surface area contributed by atoms with Gasteiger partial charge >= 0.3 is 5.97 Å². The molecule has 1 heterocycles. The van der Waals surface area contributed by atoms with E-state index in [-0.39, 0.29) is 34.1 Å². The predicted molar refractivity (Wildman–Crippen MR) is 74.5 cm³/mol. The minimum atomic E-state index is -1.02. The summed E-state index contributed by atoms with van der Waals surface area (Å²) in [4.78, 5) is 14.8. The topological polar surface area (TPSA) is 74.4 Å². The molecular weight excluding hydrogens is 310 g/mol. The number of carbonyl (C=O) groups is 1. The zero-order valence-electron chi connectivity index (χ0n) is 11.1. The van der Waals surface area contributed by atoms with Crippen LogP contribution in [0.1, 0.15) is 20.3 Å². The minimum absolute atomic E-state index is 0.147. The van der Waals surface area contributed by atoms with Crippen LogP contribution in [-0.2, 0) is 9.53 Å². The molecule has 5 nitrogen and oxygen atoms in total. The number of ether oxygens (including phenoxy) is 2. The number of anilines is 1. The van der Waals surface area contributed by atoms with E-state index < -0.39 is 18.5 Å². The van der Waals surface area contributed by atoms with E-state index in [1.807, 2.05) is 13.8 Å². The maximum Gasteiger partial charge on any atom is 0.344 e. The molecule has 2 N–H and O–H groups in total. The van der Waals surface area contributed by atoms with Crippen LogP contribution in [0.3, 0.4) is 0 Å². The zero-order valence-corrected chi connectivity index (χ0v) is 12.6. The number of hydrogen-bond acceptors (Lipinski definition) is 5. The predicted octanol–water partition coefficient (Wildman–Crippen LogP) is 3.08. The number of pyridine rings is 1. The molecule has 0 aliphatic heterocycles. The van der Waals surface area contributed by atoms with Crippen molar-refractivity contribution >= 4 is 34.9 Å². The summed E-state index contributed by atoms with van der Waals surface area (Å²) in [6.45, 7) is 3.78. The number of nitrogen functional groups attached to an aromatic ring is 1. The number of halogens is 3. The van der Waals surface area contributed by atoms with E-state index in [0.29, 0.717) is 0 Å². The van der Waals surface area contributed by atoms with Gasteiger partial charge in [0, 0.05) is 0 Å². The third-order valence-electron chi connectivity index (χ3n) is 2.59. The highest BCUT2D eigenvalue weighted by Crippen LogP contribution is 2.35. The van der Waals surface area contributed by atoms with Crippen molar-refractivity contribution in [1.29, 1.82) is 0 Å². The summed E-state index contributed by atoms with van der Waals surface area (Å²) in [7, 11) is 0. The smallest absolute Gasteiger partial charge is 0.344 e. The first-order valence-corrected chi connectivity index (χ1v) is 6.70. The summed E-state index contributed by atoms with van der Waals surface area (Å²) >= 11 is 11.3. The third-order valence-corrected chi connectivity index (χ3v) is 3.32. The highest BCUT2D eigenvalue weighted by molar-refractivity contribution is 6.39. The van der Waals surface area contributed by atoms with E-state index in [0.717, 1.165) is 6.42 Å². The van der Waals surface area contributed by atoms with Crippen LogP contribution in [0.15, 0.2) is 0 Å². The summed E-state index contributed by atoms with van der Waals surface area (Å²) in [6.07, 6.45) is 0.889. The Morgan fingerprint density at radius 3 is 2.70 bits per heavy atom. The number of nitrogens with zero attached hydrogens (tertiary/aromatic N) is 1. The van der Waals surface area contributed by atoms with Gasteiger partial charge in [0.05, 0.1) is 12.3 Å². The van der Waals surface area contributed by atoms with Crippen LogP contribution in [0, 0.1) is 11.9 Å². The van der Waals surface area contributed by atoms with E-state index in [9.17, 15) is 9.18 Å². The molecule has 0 spiro atoms. The standard InChI is InChI=1S/C12H15Cl2FN2O3/c1-3-6(2)4-19-7(18)5-20-12-9(14)10(16)8(13)11(15)17-12/h6H,3-5H2,1-2H3,(H2,16,17). The minimum Gasteiger partial charge on any atom is -0.464 e. The zero-order chi connectivity index (χ0) is 15.3. The Labute approximate surface area is 126 Å². The fraction of sp³-hybridized carbons (Fsp3) is 0.500. The molecule has 20 heavy (non-hydrogen) atoms. The lowest BCUT2D eigenvalue weighted by Crippen LogP contribution is -2.18. The molecule has 0 aliphatic rings. The van der Waals surface area contributed by atoms with E-state index in [4.69, 9.17) is 38.4 Å². The number of rotatable bonds is 6. The van der Waals surface area contributed by atoms with Gasteiger partial charge in [-0.15, -0.1) is 0 Å². The van der Waals surface area contributed by atoms with Crippen molar-refractivity contribution in [3.05, 3.63) is 16.0 Å². The Balaban J connectivity index is 2.60. The summed E-state index contributed by atoms with van der Waals surface area (Å²) in [5.41, 5.74) is 5.28. The fourth-order valence-electron chi connectivity index (χ4n) is 1.13. The van der Waals surface area contributed by atoms with Gasteiger partial charge in [0.25, 0.3) is 0 Å². The first-order chi connectivity index (χ1) is 9.36. The molecule has 1 aromatic heterocycles. The lowest BCUT2D eigenvalue weighted by atomic mass is 10.1. The van der Waals surface area contributed by atoms with Crippen molar-refractivity contribution in [2.75, 3.05) is 18.9 Å². The Bertz CT molecular complexity index is 500. The number of hydrogen-bond donors (Lipinski definition) is 1. The average molecular weight is 325 g/mol. The maximum atomic E-state index is 13.3. The number of nitrogens with two attached hydrogens (primary N) is 1. The maximum absolute atomic E-state index is 13.3. The largest absolute Gasteiger partial charge is 0.464 e. The SMILES string of the molecule is CCC(C)COC(=O)COc1nc(F)c(Cl)c(N)c1Cl. The third kappa shape index (κ3) is 4.38. The Hall–Kier alpha value is -1.27. The van der Waals surface area contributed by atoms with Gasteiger partial charge in [-0.3, -0.25) is 0 Å². The molecule has 0 aromatic carbocycles. The van der Waals surface area contributed by atoms with Crippen molar-refractivity contribution in [3.8, 4) is 5.88 Å². The molecule has 0 saturated heterocycles. The lowest BCUT2D eigenvalue weighted by Gasteiger charge is -2.11. The molecule has 0 bridgehead atoms. The van der Waals surface area contributed by atoms with Crippen LogP contribution < -0.4 is 10.5 Å². The summed E-state index contributed by atoms with van der Waals surface area (Å²) < 4.78 is 23.2. The van der Waals surface area contributed by atoms with Gasteiger partial charge < -0.3 is 15.2 Å². The van der Waals surface area contributed by atoms with Crippen molar-refractivity contribution in [3.63, 3.8) is 0 Å². The molecule has 8 heteroatoms. The van der Waals surface area contributed by atoms with Crippen LogP contribution in [-0.4, -0.2) is 24.2 Å². The van der Waals surface area contributed by atoms with Gasteiger partial charge in [-0.1, -0.05) is 43.5 Å². The Morgan fingerprint density at radius 2 is 2.10 bits per heavy atom. The molecule has 0 amide bonds. The van der Waals surface area contributed by atoms with Gasteiger partial charge in [-0.2, -0.15) is 9.37 Å². The molecule has 0 radical (unpaired) electrons. The van der Waals surface area contributed by atoms with Crippen LogP contribution in [0.2, 0.25) is 10.0 Å². The number of aromatic nitrogens is 1. The Kier molecular flexibility index (Phi) is 6.29. The van der Waals surface area contributed by atoms with E-state index in [1.165, 1.54) is 0 Å². The second kappa shape index (κ2) is 7.50. The molecule has 1 rings (SSSR count).